The quantitative estimate of drug-likeness (QED) is 0.590. The summed E-state index contributed by atoms with van der Waals surface area (Å²) >= 11 is 0. The van der Waals surface area contributed by atoms with E-state index in [-0.39, 0.29) is 6.04 Å². The molecule has 30 heavy (non-hydrogen) atoms. The van der Waals surface area contributed by atoms with Gasteiger partial charge in [0.1, 0.15) is 12.0 Å². The van der Waals surface area contributed by atoms with Crippen molar-refractivity contribution in [2.24, 2.45) is 5.92 Å². The Bertz CT molecular complexity index is 1090. The van der Waals surface area contributed by atoms with E-state index in [4.69, 9.17) is 0 Å². The van der Waals surface area contributed by atoms with Crippen molar-refractivity contribution in [3.8, 4) is 6.07 Å². The van der Waals surface area contributed by atoms with E-state index in [0.29, 0.717) is 11.3 Å². The molecule has 0 bridgehead atoms. The fourth-order valence-electron chi connectivity index (χ4n) is 3.87. The molecule has 6 heteroatoms. The van der Waals surface area contributed by atoms with Gasteiger partial charge in [0.25, 0.3) is 0 Å². The van der Waals surface area contributed by atoms with Crippen molar-refractivity contribution in [3.05, 3.63) is 102 Å². The SMILES string of the molecule is N#Cc1ccccc1NC(=O)C1C(=O)NNC(c2ccccc2)C1c1ccccc1. The predicted molar refractivity (Wildman–Crippen MR) is 113 cm³/mol. The Morgan fingerprint density at radius 3 is 2.13 bits per heavy atom. The third-order valence-corrected chi connectivity index (χ3v) is 5.28. The van der Waals surface area contributed by atoms with Crippen LogP contribution in [0, 0.1) is 17.2 Å². The summed E-state index contributed by atoms with van der Waals surface area (Å²) in [6.45, 7) is 0. The molecule has 148 valence electrons. The van der Waals surface area contributed by atoms with Gasteiger partial charge in [-0.15, -0.1) is 0 Å². The van der Waals surface area contributed by atoms with Crippen LogP contribution in [0.2, 0.25) is 0 Å². The Balaban J connectivity index is 1.74. The Hall–Kier alpha value is -3.95. The van der Waals surface area contributed by atoms with Gasteiger partial charge in [0.2, 0.25) is 11.8 Å². The standard InChI is InChI=1S/C24H20N4O2/c25-15-18-13-7-8-14-19(18)26-23(29)21-20(16-9-3-1-4-10-16)22(27-28-24(21)30)17-11-5-2-6-12-17/h1-14,20-22,27H,(H,26,29)(H,28,30). The molecule has 2 amide bonds. The van der Waals surface area contributed by atoms with Crippen molar-refractivity contribution in [1.29, 1.82) is 5.26 Å². The molecule has 0 spiro atoms. The lowest BCUT2D eigenvalue weighted by Gasteiger charge is -2.38. The largest absolute Gasteiger partial charge is 0.324 e. The van der Waals surface area contributed by atoms with Gasteiger partial charge in [-0.3, -0.25) is 15.0 Å². The van der Waals surface area contributed by atoms with Crippen LogP contribution in [0.4, 0.5) is 5.69 Å². The molecule has 0 aromatic heterocycles. The average molecular weight is 396 g/mol. The van der Waals surface area contributed by atoms with Crippen LogP contribution in [0.25, 0.3) is 0 Å². The number of rotatable bonds is 4. The van der Waals surface area contributed by atoms with Gasteiger partial charge < -0.3 is 5.32 Å². The first-order valence-electron chi connectivity index (χ1n) is 9.64. The Kier molecular flexibility index (Phi) is 5.55. The number of hydrogen-bond acceptors (Lipinski definition) is 4. The van der Waals surface area contributed by atoms with Crippen molar-refractivity contribution in [1.82, 2.24) is 10.9 Å². The van der Waals surface area contributed by atoms with Crippen molar-refractivity contribution >= 4 is 17.5 Å². The number of anilines is 1. The Morgan fingerprint density at radius 2 is 1.47 bits per heavy atom. The van der Waals surface area contributed by atoms with E-state index in [1.165, 1.54) is 0 Å². The molecule has 1 aliphatic rings. The smallest absolute Gasteiger partial charge is 0.247 e. The fraction of sp³-hybridized carbons (Fsp3) is 0.125. The Labute approximate surface area is 174 Å². The topological polar surface area (TPSA) is 94.0 Å². The van der Waals surface area contributed by atoms with Crippen molar-refractivity contribution in [3.63, 3.8) is 0 Å². The van der Waals surface area contributed by atoms with E-state index in [9.17, 15) is 14.9 Å². The summed E-state index contributed by atoms with van der Waals surface area (Å²) < 4.78 is 0. The van der Waals surface area contributed by atoms with Gasteiger partial charge in [-0.25, -0.2) is 5.43 Å². The molecule has 3 atom stereocenters. The number of carbonyl (C=O) groups excluding carboxylic acids is 2. The summed E-state index contributed by atoms with van der Waals surface area (Å²) in [5.41, 5.74) is 8.30. The maximum atomic E-state index is 13.3. The molecule has 4 rings (SSSR count). The number of hydrazine groups is 1. The maximum absolute atomic E-state index is 13.3. The highest BCUT2D eigenvalue weighted by molar-refractivity contribution is 6.08. The number of benzene rings is 3. The van der Waals surface area contributed by atoms with E-state index < -0.39 is 23.7 Å². The minimum Gasteiger partial charge on any atom is -0.324 e. The van der Waals surface area contributed by atoms with E-state index in [1.807, 2.05) is 60.7 Å². The number of nitrogens with zero attached hydrogens (tertiary/aromatic N) is 1. The van der Waals surface area contributed by atoms with Gasteiger partial charge in [-0.2, -0.15) is 5.26 Å². The lowest BCUT2D eigenvalue weighted by atomic mass is 9.76. The first kappa shape index (κ1) is 19.4. The number of nitrogens with one attached hydrogen (secondary N) is 3. The molecule has 0 radical (unpaired) electrons. The molecule has 3 aromatic carbocycles. The molecule has 1 saturated heterocycles. The molecule has 3 N–H and O–H groups in total. The second-order valence-electron chi connectivity index (χ2n) is 7.08. The van der Waals surface area contributed by atoms with Crippen LogP contribution in [0.1, 0.15) is 28.7 Å². The van der Waals surface area contributed by atoms with Gasteiger partial charge in [0.05, 0.1) is 17.3 Å². The van der Waals surface area contributed by atoms with E-state index >= 15 is 0 Å². The van der Waals surface area contributed by atoms with Crippen molar-refractivity contribution in [2.75, 3.05) is 5.32 Å². The summed E-state index contributed by atoms with van der Waals surface area (Å²) in [6, 6.07) is 27.7. The van der Waals surface area contributed by atoms with Crippen molar-refractivity contribution < 1.29 is 9.59 Å². The fourth-order valence-corrected chi connectivity index (χ4v) is 3.87. The highest BCUT2D eigenvalue weighted by atomic mass is 16.2. The number of hydrogen-bond donors (Lipinski definition) is 3. The minimum atomic E-state index is -0.981. The average Bonchev–Trinajstić information content (AvgIpc) is 2.80. The minimum absolute atomic E-state index is 0.298. The molecule has 6 nitrogen and oxygen atoms in total. The van der Waals surface area contributed by atoms with Crippen LogP contribution in [0.5, 0.6) is 0 Å². The third kappa shape index (κ3) is 3.79. The van der Waals surface area contributed by atoms with Crippen LogP contribution < -0.4 is 16.2 Å². The molecular formula is C24H20N4O2. The second kappa shape index (κ2) is 8.60. The number of carbonyl (C=O) groups is 2. The highest BCUT2D eigenvalue weighted by Crippen LogP contribution is 2.39. The van der Waals surface area contributed by atoms with Crippen LogP contribution in [0.15, 0.2) is 84.9 Å². The van der Waals surface area contributed by atoms with Crippen LogP contribution in [-0.2, 0) is 9.59 Å². The number of nitriles is 1. The molecule has 1 heterocycles. The maximum Gasteiger partial charge on any atom is 0.247 e. The summed E-state index contributed by atoms with van der Waals surface area (Å²) in [4.78, 5) is 26.1. The lowest BCUT2D eigenvalue weighted by Crippen LogP contribution is -2.56. The molecular weight excluding hydrogens is 376 g/mol. The normalized spacial score (nSPS) is 20.6. The molecule has 1 fully saturated rings. The third-order valence-electron chi connectivity index (χ3n) is 5.28. The number of amides is 2. The summed E-state index contributed by atoms with van der Waals surface area (Å²) in [5.74, 6) is -2.28. The summed E-state index contributed by atoms with van der Waals surface area (Å²) in [5, 5.41) is 12.1. The summed E-state index contributed by atoms with van der Waals surface area (Å²) in [7, 11) is 0. The monoisotopic (exact) mass is 396 g/mol. The Morgan fingerprint density at radius 1 is 0.867 bits per heavy atom. The van der Waals surface area contributed by atoms with Gasteiger partial charge in [0.15, 0.2) is 0 Å². The molecule has 0 aliphatic carbocycles. The van der Waals surface area contributed by atoms with Crippen LogP contribution in [-0.4, -0.2) is 11.8 Å². The van der Waals surface area contributed by atoms with E-state index in [2.05, 4.69) is 22.2 Å². The lowest BCUT2D eigenvalue weighted by molar-refractivity contribution is -0.137. The molecule has 3 unspecified atom stereocenters. The number of para-hydroxylation sites is 1. The zero-order chi connectivity index (χ0) is 20.9. The molecule has 1 aliphatic heterocycles. The summed E-state index contributed by atoms with van der Waals surface area (Å²) in [6.07, 6.45) is 0. The molecule has 0 saturated carbocycles. The zero-order valence-corrected chi connectivity index (χ0v) is 16.1. The highest BCUT2D eigenvalue weighted by Gasteiger charge is 2.44. The first-order valence-corrected chi connectivity index (χ1v) is 9.64. The van der Waals surface area contributed by atoms with Gasteiger partial charge in [-0.05, 0) is 23.3 Å². The predicted octanol–water partition coefficient (Wildman–Crippen LogP) is 3.27. The zero-order valence-electron chi connectivity index (χ0n) is 16.1. The van der Waals surface area contributed by atoms with Gasteiger partial charge in [-0.1, -0.05) is 72.8 Å². The van der Waals surface area contributed by atoms with Gasteiger partial charge >= 0.3 is 0 Å². The first-order chi connectivity index (χ1) is 14.7. The van der Waals surface area contributed by atoms with E-state index in [1.54, 1.807) is 24.3 Å². The van der Waals surface area contributed by atoms with Crippen LogP contribution >= 0.6 is 0 Å². The van der Waals surface area contributed by atoms with Gasteiger partial charge in [0, 0.05) is 5.92 Å². The molecule has 3 aromatic rings. The van der Waals surface area contributed by atoms with Crippen LogP contribution in [0.3, 0.4) is 0 Å². The second-order valence-corrected chi connectivity index (χ2v) is 7.08. The van der Waals surface area contributed by atoms with E-state index in [0.717, 1.165) is 11.1 Å². The van der Waals surface area contributed by atoms with Crippen molar-refractivity contribution in [2.45, 2.75) is 12.0 Å².